The van der Waals surface area contributed by atoms with Gasteiger partial charge in [0.2, 0.25) is 10.0 Å². The first-order chi connectivity index (χ1) is 16.3. The Balaban J connectivity index is 1.42. The van der Waals surface area contributed by atoms with Crippen LogP contribution >= 0.6 is 15.9 Å². The number of fused-ring (bicyclic) bond motifs is 1. The molecular formula is C22H19BrF2N6O2S. The third-order valence-corrected chi connectivity index (χ3v) is 8.35. The number of aromatic nitrogens is 2. The van der Waals surface area contributed by atoms with Crippen molar-refractivity contribution in [2.75, 3.05) is 36.4 Å². The summed E-state index contributed by atoms with van der Waals surface area (Å²) in [6.45, 7) is 0.717. The Kier molecular flexibility index (Phi) is 5.87. The SMILES string of the molecule is N#Cc1ccc2nc(NC3CC3)c(N3CCN(S(=O)(=O)c4cc(F)c(Br)cc4F)CC3)nc2c1. The van der Waals surface area contributed by atoms with E-state index in [4.69, 9.17) is 9.97 Å². The van der Waals surface area contributed by atoms with Crippen LogP contribution in [0.1, 0.15) is 18.4 Å². The number of nitrogens with one attached hydrogen (secondary N) is 1. The highest BCUT2D eigenvalue weighted by molar-refractivity contribution is 9.10. The molecule has 0 spiro atoms. The maximum absolute atomic E-state index is 14.4. The van der Waals surface area contributed by atoms with Crippen LogP contribution in [0, 0.1) is 23.0 Å². The molecule has 1 aliphatic carbocycles. The molecule has 1 saturated heterocycles. The minimum absolute atomic E-state index is 0.0697. The van der Waals surface area contributed by atoms with E-state index in [0.717, 1.165) is 23.2 Å². The van der Waals surface area contributed by atoms with E-state index in [2.05, 4.69) is 27.3 Å². The van der Waals surface area contributed by atoms with Gasteiger partial charge in [-0.3, -0.25) is 0 Å². The fourth-order valence-electron chi connectivity index (χ4n) is 3.83. The van der Waals surface area contributed by atoms with Gasteiger partial charge in [-0.2, -0.15) is 9.57 Å². The molecule has 2 heterocycles. The molecule has 1 saturated carbocycles. The van der Waals surface area contributed by atoms with Crippen LogP contribution in [0.5, 0.6) is 0 Å². The summed E-state index contributed by atoms with van der Waals surface area (Å²) >= 11 is 2.86. The lowest BCUT2D eigenvalue weighted by molar-refractivity contribution is 0.381. The molecule has 0 bridgehead atoms. The maximum atomic E-state index is 14.4. The number of hydrogen-bond donors (Lipinski definition) is 1. The molecule has 2 aliphatic rings. The Labute approximate surface area is 203 Å². The summed E-state index contributed by atoms with van der Waals surface area (Å²) in [6, 6.07) is 9.02. The number of piperazine rings is 1. The Morgan fingerprint density at radius 3 is 2.44 bits per heavy atom. The van der Waals surface area contributed by atoms with E-state index >= 15 is 0 Å². The second-order valence-electron chi connectivity index (χ2n) is 8.22. The highest BCUT2D eigenvalue weighted by atomic mass is 79.9. The van der Waals surface area contributed by atoms with Crippen LogP contribution in [0.25, 0.3) is 11.0 Å². The van der Waals surface area contributed by atoms with E-state index < -0.39 is 26.6 Å². The van der Waals surface area contributed by atoms with Crippen LogP contribution in [0.4, 0.5) is 20.4 Å². The number of anilines is 2. The van der Waals surface area contributed by atoms with Crippen molar-refractivity contribution in [2.24, 2.45) is 0 Å². The van der Waals surface area contributed by atoms with Crippen molar-refractivity contribution in [1.82, 2.24) is 14.3 Å². The topological polar surface area (TPSA) is 102 Å². The third-order valence-electron chi connectivity index (χ3n) is 5.82. The summed E-state index contributed by atoms with van der Waals surface area (Å²) in [4.78, 5) is 10.7. The van der Waals surface area contributed by atoms with Gasteiger partial charge < -0.3 is 10.2 Å². The lowest BCUT2D eigenvalue weighted by atomic mass is 10.2. The number of benzene rings is 2. The van der Waals surface area contributed by atoms with E-state index in [0.29, 0.717) is 40.3 Å². The van der Waals surface area contributed by atoms with Crippen LogP contribution in [0.15, 0.2) is 39.7 Å². The zero-order valence-corrected chi connectivity index (χ0v) is 20.2. The van der Waals surface area contributed by atoms with Crippen molar-refractivity contribution in [1.29, 1.82) is 5.26 Å². The number of rotatable bonds is 5. The monoisotopic (exact) mass is 548 g/mol. The van der Waals surface area contributed by atoms with E-state index in [-0.39, 0.29) is 30.7 Å². The Hall–Kier alpha value is -2.88. The Bertz CT molecular complexity index is 1430. The Morgan fingerprint density at radius 2 is 1.76 bits per heavy atom. The van der Waals surface area contributed by atoms with Crippen molar-refractivity contribution in [3.63, 3.8) is 0 Å². The molecule has 1 N–H and O–H groups in total. The van der Waals surface area contributed by atoms with Crippen molar-refractivity contribution in [3.8, 4) is 6.07 Å². The molecule has 0 amide bonds. The molecule has 2 aromatic carbocycles. The molecule has 2 fully saturated rings. The summed E-state index contributed by atoms with van der Waals surface area (Å²) in [6.07, 6.45) is 2.07. The largest absolute Gasteiger partial charge is 0.364 e. The first kappa shape index (κ1) is 22.9. The third kappa shape index (κ3) is 4.31. The molecule has 176 valence electrons. The average molecular weight is 549 g/mol. The zero-order chi connectivity index (χ0) is 24.0. The van der Waals surface area contributed by atoms with E-state index in [1.165, 1.54) is 0 Å². The zero-order valence-electron chi connectivity index (χ0n) is 17.8. The molecule has 12 heteroatoms. The average Bonchev–Trinajstić information content (AvgIpc) is 3.64. The summed E-state index contributed by atoms with van der Waals surface area (Å²) in [7, 11) is -4.22. The van der Waals surface area contributed by atoms with Crippen LogP contribution < -0.4 is 10.2 Å². The van der Waals surface area contributed by atoms with Crippen LogP contribution in [-0.2, 0) is 10.0 Å². The summed E-state index contributed by atoms with van der Waals surface area (Å²) in [5, 5.41) is 12.6. The van der Waals surface area contributed by atoms with Crippen molar-refractivity contribution < 1.29 is 17.2 Å². The molecule has 0 unspecified atom stereocenters. The Morgan fingerprint density at radius 1 is 1.03 bits per heavy atom. The van der Waals surface area contributed by atoms with E-state index in [9.17, 15) is 22.5 Å². The van der Waals surface area contributed by atoms with Gasteiger partial charge in [0.1, 0.15) is 16.5 Å². The molecule has 1 aliphatic heterocycles. The lowest BCUT2D eigenvalue weighted by Gasteiger charge is -2.35. The molecule has 0 atom stereocenters. The van der Waals surface area contributed by atoms with Gasteiger partial charge in [-0.25, -0.2) is 27.2 Å². The predicted molar refractivity (Wildman–Crippen MR) is 126 cm³/mol. The van der Waals surface area contributed by atoms with Gasteiger partial charge >= 0.3 is 0 Å². The number of hydrogen-bond acceptors (Lipinski definition) is 7. The molecule has 8 nitrogen and oxygen atoms in total. The minimum atomic E-state index is -4.22. The summed E-state index contributed by atoms with van der Waals surface area (Å²) in [5.74, 6) is -0.678. The van der Waals surface area contributed by atoms with Gasteiger partial charge in [0.05, 0.1) is 27.1 Å². The molecule has 5 rings (SSSR count). The number of nitrogens with zero attached hydrogens (tertiary/aromatic N) is 5. The minimum Gasteiger partial charge on any atom is -0.364 e. The molecule has 34 heavy (non-hydrogen) atoms. The molecular weight excluding hydrogens is 530 g/mol. The number of nitriles is 1. The standard InChI is InChI=1S/C22H19BrF2N6O2S/c23-15-10-17(25)20(11-16(15)24)34(32,33)31-7-5-30(6-8-31)22-21(27-14-2-3-14)28-18-4-1-13(12-26)9-19(18)29-22/h1,4,9-11,14H,2-3,5-8H2,(H,27,28). The van der Waals surface area contributed by atoms with Crippen molar-refractivity contribution >= 4 is 48.6 Å². The fraction of sp³-hybridized carbons (Fsp3) is 0.318. The normalized spacial score (nSPS) is 17.1. The summed E-state index contributed by atoms with van der Waals surface area (Å²) in [5.41, 5.74) is 1.69. The highest BCUT2D eigenvalue weighted by Gasteiger charge is 2.33. The van der Waals surface area contributed by atoms with Gasteiger partial charge in [-0.1, -0.05) is 0 Å². The van der Waals surface area contributed by atoms with E-state index in [1.54, 1.807) is 18.2 Å². The number of halogens is 3. The fourth-order valence-corrected chi connectivity index (χ4v) is 5.63. The van der Waals surface area contributed by atoms with Crippen LogP contribution in [0.3, 0.4) is 0 Å². The first-order valence-corrected chi connectivity index (χ1v) is 12.9. The van der Waals surface area contributed by atoms with Gasteiger partial charge in [-0.05, 0) is 59.1 Å². The second kappa shape index (κ2) is 8.72. The molecule has 1 aromatic heterocycles. The molecule has 3 aromatic rings. The number of sulfonamides is 1. The first-order valence-electron chi connectivity index (χ1n) is 10.6. The van der Waals surface area contributed by atoms with Gasteiger partial charge in [0.15, 0.2) is 11.6 Å². The van der Waals surface area contributed by atoms with Gasteiger partial charge in [0.25, 0.3) is 0 Å². The van der Waals surface area contributed by atoms with Crippen LogP contribution in [-0.4, -0.2) is 54.9 Å². The van der Waals surface area contributed by atoms with Gasteiger partial charge in [0, 0.05) is 32.2 Å². The predicted octanol–water partition coefficient (Wildman–Crippen LogP) is 3.63. The van der Waals surface area contributed by atoms with E-state index in [1.807, 2.05) is 4.90 Å². The van der Waals surface area contributed by atoms with Crippen LogP contribution in [0.2, 0.25) is 0 Å². The van der Waals surface area contributed by atoms with Gasteiger partial charge in [-0.15, -0.1) is 0 Å². The molecule has 0 radical (unpaired) electrons. The maximum Gasteiger partial charge on any atom is 0.246 e. The quantitative estimate of drug-likeness (QED) is 0.485. The van der Waals surface area contributed by atoms with Crippen molar-refractivity contribution in [3.05, 3.63) is 52.0 Å². The summed E-state index contributed by atoms with van der Waals surface area (Å²) < 4.78 is 55.3. The van der Waals surface area contributed by atoms with Crippen molar-refractivity contribution in [2.45, 2.75) is 23.8 Å². The lowest BCUT2D eigenvalue weighted by Crippen LogP contribution is -2.49. The highest BCUT2D eigenvalue weighted by Crippen LogP contribution is 2.32. The smallest absolute Gasteiger partial charge is 0.246 e. The second-order valence-corrected chi connectivity index (χ2v) is 11.0.